The van der Waals surface area contributed by atoms with Crippen LogP contribution in [-0.2, 0) is 16.1 Å². The Labute approximate surface area is 122 Å². The molecular formula is C15H19N3O3. The third-order valence-corrected chi connectivity index (χ3v) is 3.36. The molecule has 0 fully saturated rings. The van der Waals surface area contributed by atoms with Crippen molar-refractivity contribution in [2.75, 3.05) is 0 Å². The van der Waals surface area contributed by atoms with Gasteiger partial charge in [0.1, 0.15) is 6.04 Å². The number of carboxylic acid groups (broad SMARTS) is 1. The molecule has 0 spiro atoms. The maximum Gasteiger partial charge on any atom is 0.326 e. The minimum absolute atomic E-state index is 0.152. The van der Waals surface area contributed by atoms with Gasteiger partial charge in [0.05, 0.1) is 17.4 Å². The highest BCUT2D eigenvalue weighted by molar-refractivity contribution is 5.83. The molecule has 0 radical (unpaired) electrons. The maximum atomic E-state index is 11.9. The molecule has 1 aromatic carbocycles. The minimum Gasteiger partial charge on any atom is -0.480 e. The van der Waals surface area contributed by atoms with Crippen LogP contribution in [0.3, 0.4) is 0 Å². The molecule has 2 aromatic rings. The molecule has 0 aliphatic carbocycles. The fourth-order valence-corrected chi connectivity index (χ4v) is 2.17. The number of carboxylic acids is 1. The van der Waals surface area contributed by atoms with Gasteiger partial charge in [-0.2, -0.15) is 0 Å². The molecule has 21 heavy (non-hydrogen) atoms. The lowest BCUT2D eigenvalue weighted by Crippen LogP contribution is -2.44. The molecule has 6 nitrogen and oxygen atoms in total. The van der Waals surface area contributed by atoms with E-state index in [1.807, 2.05) is 28.8 Å². The monoisotopic (exact) mass is 289 g/mol. The Kier molecular flexibility index (Phi) is 4.57. The van der Waals surface area contributed by atoms with Gasteiger partial charge in [-0.1, -0.05) is 26.0 Å². The zero-order valence-corrected chi connectivity index (χ0v) is 12.1. The van der Waals surface area contributed by atoms with Crippen LogP contribution in [-0.4, -0.2) is 32.6 Å². The first kappa shape index (κ1) is 15.0. The second kappa shape index (κ2) is 6.39. The predicted octanol–water partition coefficient (Wildman–Crippen LogP) is 1.65. The van der Waals surface area contributed by atoms with Gasteiger partial charge in [0.25, 0.3) is 0 Å². The third kappa shape index (κ3) is 3.59. The van der Waals surface area contributed by atoms with E-state index in [-0.39, 0.29) is 18.2 Å². The Bertz CT molecular complexity index is 648. The van der Waals surface area contributed by atoms with Crippen LogP contribution in [0.4, 0.5) is 0 Å². The van der Waals surface area contributed by atoms with E-state index in [1.54, 1.807) is 20.2 Å². The first-order chi connectivity index (χ1) is 9.99. The Morgan fingerprint density at radius 2 is 2.05 bits per heavy atom. The summed E-state index contributed by atoms with van der Waals surface area (Å²) in [4.78, 5) is 27.2. The summed E-state index contributed by atoms with van der Waals surface area (Å²) in [6.45, 7) is 4.00. The highest BCUT2D eigenvalue weighted by Gasteiger charge is 2.23. The summed E-state index contributed by atoms with van der Waals surface area (Å²) in [6, 6.07) is 6.82. The molecule has 1 heterocycles. The zero-order valence-electron chi connectivity index (χ0n) is 12.1. The van der Waals surface area contributed by atoms with E-state index in [0.29, 0.717) is 6.54 Å². The summed E-state index contributed by atoms with van der Waals surface area (Å²) in [7, 11) is 0. The van der Waals surface area contributed by atoms with Crippen molar-refractivity contribution in [3.05, 3.63) is 30.6 Å². The number of rotatable bonds is 6. The molecule has 2 N–H and O–H groups in total. The van der Waals surface area contributed by atoms with Crippen molar-refractivity contribution >= 4 is 22.9 Å². The van der Waals surface area contributed by atoms with E-state index >= 15 is 0 Å². The molecule has 6 heteroatoms. The van der Waals surface area contributed by atoms with E-state index in [0.717, 1.165) is 11.0 Å². The molecule has 0 saturated heterocycles. The largest absolute Gasteiger partial charge is 0.480 e. The van der Waals surface area contributed by atoms with Crippen LogP contribution in [0.25, 0.3) is 11.0 Å². The summed E-state index contributed by atoms with van der Waals surface area (Å²) in [5, 5.41) is 11.6. The smallest absolute Gasteiger partial charge is 0.326 e. The highest BCUT2D eigenvalue weighted by Crippen LogP contribution is 2.12. The number of hydrogen-bond acceptors (Lipinski definition) is 3. The summed E-state index contributed by atoms with van der Waals surface area (Å²) >= 11 is 0. The van der Waals surface area contributed by atoms with Crippen molar-refractivity contribution < 1.29 is 14.7 Å². The Hall–Kier alpha value is -2.37. The van der Waals surface area contributed by atoms with Crippen molar-refractivity contribution in [3.63, 3.8) is 0 Å². The van der Waals surface area contributed by atoms with Gasteiger partial charge in [0.2, 0.25) is 5.91 Å². The predicted molar refractivity (Wildman–Crippen MR) is 78.8 cm³/mol. The first-order valence-corrected chi connectivity index (χ1v) is 6.91. The summed E-state index contributed by atoms with van der Waals surface area (Å²) in [6.07, 6.45) is 1.91. The number of carbonyl (C=O) groups is 2. The summed E-state index contributed by atoms with van der Waals surface area (Å²) in [5.41, 5.74) is 1.84. The quantitative estimate of drug-likeness (QED) is 0.847. The van der Waals surface area contributed by atoms with Gasteiger partial charge in [-0.3, -0.25) is 4.79 Å². The number of imidazole rings is 1. The van der Waals surface area contributed by atoms with Gasteiger partial charge in [-0.05, 0) is 18.1 Å². The van der Waals surface area contributed by atoms with Gasteiger partial charge < -0.3 is 15.0 Å². The number of benzene rings is 1. The number of carbonyl (C=O) groups excluding carboxylic acids is 1. The highest BCUT2D eigenvalue weighted by atomic mass is 16.4. The molecule has 2 rings (SSSR count). The number of aryl methyl sites for hydroxylation is 1. The van der Waals surface area contributed by atoms with Gasteiger partial charge in [0, 0.05) is 13.0 Å². The number of para-hydroxylation sites is 2. The van der Waals surface area contributed by atoms with Crippen molar-refractivity contribution in [1.82, 2.24) is 14.9 Å². The fraction of sp³-hybridized carbons (Fsp3) is 0.400. The number of hydrogen-bond donors (Lipinski definition) is 2. The molecule has 112 valence electrons. The van der Waals surface area contributed by atoms with E-state index in [2.05, 4.69) is 10.3 Å². The molecule has 0 aliphatic heterocycles. The summed E-state index contributed by atoms with van der Waals surface area (Å²) < 4.78 is 1.89. The molecule has 1 atom stereocenters. The van der Waals surface area contributed by atoms with Crippen LogP contribution < -0.4 is 5.32 Å². The van der Waals surface area contributed by atoms with E-state index in [4.69, 9.17) is 5.11 Å². The average molecular weight is 289 g/mol. The van der Waals surface area contributed by atoms with E-state index in [9.17, 15) is 9.59 Å². The molecular weight excluding hydrogens is 270 g/mol. The maximum absolute atomic E-state index is 11.9. The second-order valence-corrected chi connectivity index (χ2v) is 5.30. The van der Waals surface area contributed by atoms with Gasteiger partial charge >= 0.3 is 5.97 Å². The lowest BCUT2D eigenvalue weighted by Gasteiger charge is -2.17. The lowest BCUT2D eigenvalue weighted by molar-refractivity contribution is -0.143. The van der Waals surface area contributed by atoms with Gasteiger partial charge in [0.15, 0.2) is 0 Å². The molecule has 0 aliphatic rings. The number of aromatic nitrogens is 2. The summed E-state index contributed by atoms with van der Waals surface area (Å²) in [5.74, 6) is -1.43. The third-order valence-electron chi connectivity index (χ3n) is 3.36. The minimum atomic E-state index is -1.01. The van der Waals surface area contributed by atoms with Crippen LogP contribution in [0.2, 0.25) is 0 Å². The molecule has 0 saturated carbocycles. The molecule has 1 amide bonds. The van der Waals surface area contributed by atoms with Crippen molar-refractivity contribution in [2.24, 2.45) is 5.92 Å². The van der Waals surface area contributed by atoms with Crippen LogP contribution in [0.5, 0.6) is 0 Å². The van der Waals surface area contributed by atoms with Crippen molar-refractivity contribution in [3.8, 4) is 0 Å². The van der Waals surface area contributed by atoms with Crippen LogP contribution >= 0.6 is 0 Å². The zero-order chi connectivity index (χ0) is 15.4. The van der Waals surface area contributed by atoms with E-state index in [1.165, 1.54) is 0 Å². The Morgan fingerprint density at radius 1 is 1.33 bits per heavy atom. The second-order valence-electron chi connectivity index (χ2n) is 5.30. The number of amides is 1. The van der Waals surface area contributed by atoms with Gasteiger partial charge in [-0.15, -0.1) is 0 Å². The molecule has 1 aromatic heterocycles. The SMILES string of the molecule is CC(C)[C@H](NC(=O)CCn1cnc2ccccc21)C(=O)O. The topological polar surface area (TPSA) is 84.2 Å². The Balaban J connectivity index is 1.96. The van der Waals surface area contributed by atoms with E-state index < -0.39 is 12.0 Å². The standard InChI is InChI=1S/C15H19N3O3/c1-10(2)14(15(20)21)17-13(19)7-8-18-9-16-11-5-3-4-6-12(11)18/h3-6,9-10,14H,7-8H2,1-2H3,(H,17,19)(H,20,21)/t14-/m0/s1. The average Bonchev–Trinajstić information content (AvgIpc) is 2.85. The van der Waals surface area contributed by atoms with Crippen molar-refractivity contribution in [2.45, 2.75) is 32.9 Å². The lowest BCUT2D eigenvalue weighted by atomic mass is 10.0. The molecule has 0 unspecified atom stereocenters. The van der Waals surface area contributed by atoms with Gasteiger partial charge in [-0.25, -0.2) is 9.78 Å². The first-order valence-electron chi connectivity index (χ1n) is 6.91. The number of nitrogens with one attached hydrogen (secondary N) is 1. The van der Waals surface area contributed by atoms with Crippen LogP contribution in [0.1, 0.15) is 20.3 Å². The number of aliphatic carboxylic acids is 1. The van der Waals surface area contributed by atoms with Crippen LogP contribution in [0, 0.1) is 5.92 Å². The van der Waals surface area contributed by atoms with Crippen molar-refractivity contribution in [1.29, 1.82) is 0 Å². The number of nitrogens with zero attached hydrogens (tertiary/aromatic N) is 2. The Morgan fingerprint density at radius 3 is 2.71 bits per heavy atom. The normalized spacial score (nSPS) is 12.5. The molecule has 0 bridgehead atoms. The number of fused-ring (bicyclic) bond motifs is 1. The van der Waals surface area contributed by atoms with Crippen LogP contribution in [0.15, 0.2) is 30.6 Å². The fourth-order valence-electron chi connectivity index (χ4n) is 2.17.